The lowest BCUT2D eigenvalue weighted by atomic mass is 9.93. The number of aliphatic hydroxyl groups is 2. The number of amides is 1. The Morgan fingerprint density at radius 1 is 1.33 bits per heavy atom. The van der Waals surface area contributed by atoms with Gasteiger partial charge in [0.2, 0.25) is 0 Å². The Morgan fingerprint density at radius 3 is 2.93 bits per heavy atom. The highest BCUT2D eigenvalue weighted by molar-refractivity contribution is 6.31. The summed E-state index contributed by atoms with van der Waals surface area (Å²) in [5.41, 5.74) is 0.356. The lowest BCUT2D eigenvalue weighted by molar-refractivity contribution is 0.0201. The molecular weight excluding hydrogens is 372 g/mol. The van der Waals surface area contributed by atoms with Gasteiger partial charge in [-0.05, 0) is 25.5 Å². The highest BCUT2D eigenvalue weighted by Gasteiger charge is 2.28. The number of piperidine rings is 1. The molecule has 0 bridgehead atoms. The third-order valence-electron chi connectivity index (χ3n) is 5.02. The first-order valence-electron chi connectivity index (χ1n) is 9.47. The summed E-state index contributed by atoms with van der Waals surface area (Å²) in [6, 6.07) is 3.24. The molecule has 0 spiro atoms. The molecule has 0 saturated carbocycles. The molecule has 3 N–H and O–H groups in total. The molecule has 2 atom stereocenters. The van der Waals surface area contributed by atoms with Gasteiger partial charge in [-0.15, -0.1) is 0 Å². The van der Waals surface area contributed by atoms with E-state index in [0.717, 1.165) is 25.9 Å². The molecule has 2 aliphatic heterocycles. The molecular formula is C19H27ClN2O5. The van der Waals surface area contributed by atoms with E-state index >= 15 is 0 Å². The third-order valence-corrected chi connectivity index (χ3v) is 5.24. The van der Waals surface area contributed by atoms with Crippen molar-refractivity contribution in [3.8, 4) is 11.5 Å². The van der Waals surface area contributed by atoms with Crippen molar-refractivity contribution < 1.29 is 24.5 Å². The van der Waals surface area contributed by atoms with Gasteiger partial charge in [0, 0.05) is 49.7 Å². The quantitative estimate of drug-likeness (QED) is 0.669. The van der Waals surface area contributed by atoms with E-state index in [9.17, 15) is 9.90 Å². The van der Waals surface area contributed by atoms with Crippen LogP contribution >= 0.6 is 11.6 Å². The molecule has 2 aliphatic rings. The lowest BCUT2D eigenvalue weighted by Gasteiger charge is -2.36. The minimum atomic E-state index is -0.506. The van der Waals surface area contributed by atoms with Crippen molar-refractivity contribution in [2.24, 2.45) is 5.92 Å². The predicted octanol–water partition coefficient (Wildman–Crippen LogP) is 1.30. The zero-order valence-corrected chi connectivity index (χ0v) is 16.1. The van der Waals surface area contributed by atoms with E-state index < -0.39 is 6.10 Å². The number of fused-ring (bicyclic) bond motifs is 1. The standard InChI is InChI=1S/C19H27ClN2O5/c20-14-9-15(18-17(10-14)26-7-2-8-27-18)19(25)21-11-13-3-5-22(4-1-6-23)12-16(13)24/h9-10,13,16,23-24H,1-8,11-12H2,(H,21,25). The Morgan fingerprint density at radius 2 is 2.15 bits per heavy atom. The summed E-state index contributed by atoms with van der Waals surface area (Å²) >= 11 is 6.13. The Labute approximate surface area is 164 Å². The molecule has 3 rings (SSSR count). The molecule has 0 radical (unpaired) electrons. The smallest absolute Gasteiger partial charge is 0.255 e. The van der Waals surface area contributed by atoms with Crippen molar-refractivity contribution in [1.82, 2.24) is 10.2 Å². The Hall–Kier alpha value is -1.54. The number of ether oxygens (including phenoxy) is 2. The highest BCUT2D eigenvalue weighted by atomic mass is 35.5. The molecule has 1 aromatic rings. The summed E-state index contributed by atoms with van der Waals surface area (Å²) < 4.78 is 11.3. The number of halogens is 1. The Bertz CT molecular complexity index is 657. The number of benzene rings is 1. The van der Waals surface area contributed by atoms with Crippen LogP contribution in [0.3, 0.4) is 0 Å². The molecule has 0 aromatic heterocycles. The van der Waals surface area contributed by atoms with Gasteiger partial charge >= 0.3 is 0 Å². The second-order valence-corrected chi connectivity index (χ2v) is 7.47. The summed E-state index contributed by atoms with van der Waals surface area (Å²) in [6.45, 7) is 3.73. The summed E-state index contributed by atoms with van der Waals surface area (Å²) in [5, 5.41) is 22.6. The fourth-order valence-electron chi connectivity index (χ4n) is 3.51. The first-order valence-corrected chi connectivity index (χ1v) is 9.85. The first kappa shape index (κ1) is 20.2. The zero-order chi connectivity index (χ0) is 19.2. The van der Waals surface area contributed by atoms with E-state index in [-0.39, 0.29) is 18.4 Å². The molecule has 27 heavy (non-hydrogen) atoms. The van der Waals surface area contributed by atoms with E-state index in [1.807, 2.05) is 0 Å². The monoisotopic (exact) mass is 398 g/mol. The third kappa shape index (κ3) is 5.25. The van der Waals surface area contributed by atoms with Crippen LogP contribution < -0.4 is 14.8 Å². The van der Waals surface area contributed by atoms with Gasteiger partial charge in [0.15, 0.2) is 11.5 Å². The van der Waals surface area contributed by atoms with Gasteiger partial charge in [-0.3, -0.25) is 4.79 Å². The van der Waals surface area contributed by atoms with Crippen LogP contribution in [-0.2, 0) is 0 Å². The second-order valence-electron chi connectivity index (χ2n) is 7.03. The molecule has 2 unspecified atom stereocenters. The van der Waals surface area contributed by atoms with Gasteiger partial charge < -0.3 is 29.9 Å². The van der Waals surface area contributed by atoms with Gasteiger partial charge in [-0.1, -0.05) is 11.6 Å². The van der Waals surface area contributed by atoms with E-state index in [0.29, 0.717) is 54.8 Å². The van der Waals surface area contributed by atoms with Crippen LogP contribution in [0.4, 0.5) is 0 Å². The molecule has 1 aromatic carbocycles. The van der Waals surface area contributed by atoms with E-state index in [1.54, 1.807) is 12.1 Å². The summed E-state index contributed by atoms with van der Waals surface area (Å²) in [7, 11) is 0. The number of carbonyl (C=O) groups is 1. The van der Waals surface area contributed by atoms with Gasteiger partial charge in [0.25, 0.3) is 5.91 Å². The normalized spacial score (nSPS) is 22.9. The molecule has 1 fully saturated rings. The summed E-state index contributed by atoms with van der Waals surface area (Å²) in [5.74, 6) is 0.625. The lowest BCUT2D eigenvalue weighted by Crippen LogP contribution is -2.47. The number of rotatable bonds is 6. The average molecular weight is 399 g/mol. The fraction of sp³-hybridized carbons (Fsp3) is 0.632. The van der Waals surface area contributed by atoms with Crippen LogP contribution in [0.5, 0.6) is 11.5 Å². The Kier molecular flexibility index (Phi) is 7.18. The minimum absolute atomic E-state index is 0.00529. The number of likely N-dealkylation sites (tertiary alicyclic amines) is 1. The molecule has 1 saturated heterocycles. The summed E-state index contributed by atoms with van der Waals surface area (Å²) in [4.78, 5) is 14.9. The van der Waals surface area contributed by atoms with Gasteiger partial charge in [-0.2, -0.15) is 0 Å². The number of aliphatic hydroxyl groups excluding tert-OH is 2. The maximum Gasteiger partial charge on any atom is 0.255 e. The van der Waals surface area contributed by atoms with Gasteiger partial charge in [0.1, 0.15) is 0 Å². The Balaban J connectivity index is 1.59. The van der Waals surface area contributed by atoms with Crippen LogP contribution in [0.2, 0.25) is 5.02 Å². The fourth-order valence-corrected chi connectivity index (χ4v) is 3.72. The van der Waals surface area contributed by atoms with E-state index in [2.05, 4.69) is 10.2 Å². The average Bonchev–Trinajstić information content (AvgIpc) is 2.90. The molecule has 1 amide bonds. The number of β-amino-alcohol motifs (C(OH)–C–C–N with tert-alkyl or cyclic N) is 1. The number of nitrogens with one attached hydrogen (secondary N) is 1. The van der Waals surface area contributed by atoms with Crippen LogP contribution in [0, 0.1) is 5.92 Å². The van der Waals surface area contributed by atoms with Crippen molar-refractivity contribution in [2.45, 2.75) is 25.4 Å². The van der Waals surface area contributed by atoms with Crippen molar-refractivity contribution in [3.05, 3.63) is 22.7 Å². The largest absolute Gasteiger partial charge is 0.489 e. The predicted molar refractivity (Wildman–Crippen MR) is 102 cm³/mol. The highest BCUT2D eigenvalue weighted by Crippen LogP contribution is 2.36. The van der Waals surface area contributed by atoms with E-state index in [1.165, 1.54) is 0 Å². The maximum atomic E-state index is 12.7. The van der Waals surface area contributed by atoms with Crippen LogP contribution in [0.1, 0.15) is 29.6 Å². The van der Waals surface area contributed by atoms with Crippen molar-refractivity contribution >= 4 is 17.5 Å². The molecule has 7 nitrogen and oxygen atoms in total. The molecule has 150 valence electrons. The van der Waals surface area contributed by atoms with Crippen molar-refractivity contribution in [2.75, 3.05) is 46.0 Å². The number of carbonyl (C=O) groups excluding carboxylic acids is 1. The number of hydrogen-bond donors (Lipinski definition) is 3. The molecule has 0 aliphatic carbocycles. The SMILES string of the molecule is O=C(NCC1CCN(CCCO)CC1O)c1cc(Cl)cc2c1OCCCO2. The number of nitrogens with zero attached hydrogens (tertiary/aromatic N) is 1. The minimum Gasteiger partial charge on any atom is -0.489 e. The van der Waals surface area contributed by atoms with Gasteiger partial charge in [-0.25, -0.2) is 0 Å². The van der Waals surface area contributed by atoms with E-state index in [4.69, 9.17) is 26.2 Å². The topological polar surface area (TPSA) is 91.3 Å². The molecule has 2 heterocycles. The van der Waals surface area contributed by atoms with Gasteiger partial charge in [0.05, 0.1) is 24.9 Å². The van der Waals surface area contributed by atoms with Crippen molar-refractivity contribution in [1.29, 1.82) is 0 Å². The van der Waals surface area contributed by atoms with Crippen LogP contribution in [0.25, 0.3) is 0 Å². The summed E-state index contributed by atoms with van der Waals surface area (Å²) in [6.07, 6.45) is 1.73. The molecule has 8 heteroatoms. The zero-order valence-electron chi connectivity index (χ0n) is 15.3. The first-order chi connectivity index (χ1) is 13.1. The second kappa shape index (κ2) is 9.59. The number of hydrogen-bond acceptors (Lipinski definition) is 6. The van der Waals surface area contributed by atoms with Crippen LogP contribution in [-0.4, -0.2) is 73.1 Å². The van der Waals surface area contributed by atoms with Crippen LogP contribution in [0.15, 0.2) is 12.1 Å². The van der Waals surface area contributed by atoms with Crippen molar-refractivity contribution in [3.63, 3.8) is 0 Å². The maximum absolute atomic E-state index is 12.7.